The molecule has 0 saturated heterocycles. The molecule has 0 unspecified atom stereocenters. The predicted molar refractivity (Wildman–Crippen MR) is 74.3 cm³/mol. The van der Waals surface area contributed by atoms with Crippen molar-refractivity contribution in [2.45, 2.75) is 13.8 Å². The van der Waals surface area contributed by atoms with Crippen LogP contribution in [0.1, 0.15) is 23.0 Å². The molecule has 0 amide bonds. The Morgan fingerprint density at radius 2 is 1.95 bits per heavy atom. The Morgan fingerprint density at radius 1 is 1.30 bits per heavy atom. The van der Waals surface area contributed by atoms with E-state index < -0.39 is 5.97 Å². The molecular weight excluding hydrogens is 280 g/mol. The normalized spacial score (nSPS) is 10.3. The predicted octanol–water partition coefficient (Wildman–Crippen LogP) is 2.58. The molecule has 104 valence electrons. The molecule has 0 saturated carbocycles. The molecule has 6 heteroatoms. The average Bonchev–Trinajstić information content (AvgIpc) is 2.72. The van der Waals surface area contributed by atoms with Crippen LogP contribution in [0.25, 0.3) is 5.69 Å². The highest BCUT2D eigenvalue weighted by Gasteiger charge is 2.22. The van der Waals surface area contributed by atoms with Gasteiger partial charge in [-0.25, -0.2) is 9.48 Å². The smallest absolute Gasteiger partial charge is 0.343 e. The number of para-hydroxylation sites is 1. The minimum atomic E-state index is -0.648. The second-order valence-corrected chi connectivity index (χ2v) is 4.63. The number of aryl methyl sites for hydroxylation is 1. The van der Waals surface area contributed by atoms with Gasteiger partial charge in [0.2, 0.25) is 0 Å². The van der Waals surface area contributed by atoms with E-state index in [9.17, 15) is 9.59 Å². The van der Waals surface area contributed by atoms with E-state index in [0.29, 0.717) is 5.69 Å². The molecule has 1 aromatic heterocycles. The number of ether oxygens (including phenoxy) is 1. The maximum Gasteiger partial charge on any atom is 0.343 e. The highest BCUT2D eigenvalue weighted by molar-refractivity contribution is 6.33. The highest BCUT2D eigenvalue weighted by Crippen LogP contribution is 2.24. The fourth-order valence-electron chi connectivity index (χ4n) is 1.71. The van der Waals surface area contributed by atoms with Crippen LogP contribution in [0.3, 0.4) is 0 Å². The third kappa shape index (κ3) is 2.88. The number of hydrogen-bond acceptors (Lipinski definition) is 4. The molecule has 20 heavy (non-hydrogen) atoms. The van der Waals surface area contributed by atoms with Crippen molar-refractivity contribution in [3.05, 3.63) is 46.7 Å². The Hall–Kier alpha value is -2.14. The molecule has 0 radical (unpaired) electrons. The van der Waals surface area contributed by atoms with Gasteiger partial charge in [-0.1, -0.05) is 29.8 Å². The van der Waals surface area contributed by atoms with Gasteiger partial charge in [-0.2, -0.15) is 5.10 Å². The van der Waals surface area contributed by atoms with Gasteiger partial charge in [0.1, 0.15) is 17.3 Å². The van der Waals surface area contributed by atoms with Crippen LogP contribution in [-0.2, 0) is 9.53 Å². The lowest BCUT2D eigenvalue weighted by Crippen LogP contribution is -2.12. The molecule has 0 aliphatic rings. The molecule has 1 aromatic carbocycles. The van der Waals surface area contributed by atoms with Crippen LogP contribution in [-0.4, -0.2) is 28.1 Å². The van der Waals surface area contributed by atoms with Crippen molar-refractivity contribution < 1.29 is 14.3 Å². The van der Waals surface area contributed by atoms with E-state index in [0.717, 1.165) is 5.69 Å². The van der Waals surface area contributed by atoms with Crippen molar-refractivity contribution >= 4 is 23.4 Å². The number of carbonyl (C=O) groups excluding carboxylic acids is 2. The minimum absolute atomic E-state index is 0.169. The summed E-state index contributed by atoms with van der Waals surface area (Å²) in [6.07, 6.45) is 0. The van der Waals surface area contributed by atoms with Crippen LogP contribution in [0, 0.1) is 6.92 Å². The zero-order valence-electron chi connectivity index (χ0n) is 11.1. The number of nitrogens with zero attached hydrogens (tertiary/aromatic N) is 2. The molecule has 0 aliphatic carbocycles. The second-order valence-electron chi connectivity index (χ2n) is 4.28. The van der Waals surface area contributed by atoms with Crippen LogP contribution >= 0.6 is 11.6 Å². The van der Waals surface area contributed by atoms with Crippen molar-refractivity contribution in [2.24, 2.45) is 0 Å². The summed E-state index contributed by atoms with van der Waals surface area (Å²) in [5, 5.41) is 4.40. The van der Waals surface area contributed by atoms with Gasteiger partial charge in [0.25, 0.3) is 0 Å². The van der Waals surface area contributed by atoms with Crippen molar-refractivity contribution in [3.8, 4) is 5.69 Å². The maximum absolute atomic E-state index is 11.9. The Kier molecular flexibility index (Phi) is 4.20. The number of carbonyl (C=O) groups is 2. The molecule has 2 rings (SSSR count). The molecule has 0 aliphatic heterocycles. The molecule has 0 spiro atoms. The van der Waals surface area contributed by atoms with Gasteiger partial charge in [0.05, 0.1) is 11.4 Å². The van der Waals surface area contributed by atoms with Crippen LogP contribution in [0.15, 0.2) is 30.3 Å². The number of halogens is 1. The molecule has 2 aromatic rings. The largest absolute Gasteiger partial charge is 0.454 e. The Morgan fingerprint density at radius 3 is 2.55 bits per heavy atom. The van der Waals surface area contributed by atoms with Crippen LogP contribution in [0.5, 0.6) is 0 Å². The first-order valence-corrected chi connectivity index (χ1v) is 6.35. The number of hydrogen-bond donors (Lipinski definition) is 0. The van der Waals surface area contributed by atoms with E-state index in [1.165, 1.54) is 11.6 Å². The van der Waals surface area contributed by atoms with Gasteiger partial charge in [-0.3, -0.25) is 4.79 Å². The quantitative estimate of drug-likeness (QED) is 0.813. The fraction of sp³-hybridized carbons (Fsp3) is 0.214. The minimum Gasteiger partial charge on any atom is -0.454 e. The lowest BCUT2D eigenvalue weighted by Gasteiger charge is -2.03. The standard InChI is InChI=1S/C14H13ClN2O3/c1-9(18)8-20-14(19)12-10(2)16-17(13(12)15)11-6-4-3-5-7-11/h3-7H,8H2,1-2H3. The highest BCUT2D eigenvalue weighted by atomic mass is 35.5. The molecule has 0 fully saturated rings. The average molecular weight is 293 g/mol. The van der Waals surface area contributed by atoms with Crippen LogP contribution in [0.2, 0.25) is 5.15 Å². The summed E-state index contributed by atoms with van der Waals surface area (Å²) in [4.78, 5) is 22.8. The molecule has 1 heterocycles. The number of Topliss-reactive ketones (excluding diaryl/α,β-unsaturated/α-hetero) is 1. The fourth-order valence-corrected chi connectivity index (χ4v) is 2.06. The molecule has 0 N–H and O–H groups in total. The zero-order chi connectivity index (χ0) is 14.7. The van der Waals surface area contributed by atoms with Gasteiger partial charge >= 0.3 is 5.97 Å². The maximum atomic E-state index is 11.9. The van der Waals surface area contributed by atoms with Crippen LogP contribution < -0.4 is 0 Å². The summed E-state index contributed by atoms with van der Waals surface area (Å²) in [7, 11) is 0. The lowest BCUT2D eigenvalue weighted by molar-refractivity contribution is -0.120. The first-order chi connectivity index (χ1) is 9.50. The summed E-state index contributed by atoms with van der Waals surface area (Å²) in [6.45, 7) is 2.73. The van der Waals surface area contributed by atoms with Crippen molar-refractivity contribution in [2.75, 3.05) is 6.61 Å². The lowest BCUT2D eigenvalue weighted by atomic mass is 10.2. The monoisotopic (exact) mass is 292 g/mol. The van der Waals surface area contributed by atoms with Gasteiger partial charge in [-0.15, -0.1) is 0 Å². The summed E-state index contributed by atoms with van der Waals surface area (Å²) < 4.78 is 6.33. The second kappa shape index (κ2) is 5.88. The first kappa shape index (κ1) is 14.3. The summed E-state index contributed by atoms with van der Waals surface area (Å²) in [5.41, 5.74) is 1.37. The third-order valence-electron chi connectivity index (χ3n) is 2.62. The Bertz CT molecular complexity index is 650. The zero-order valence-corrected chi connectivity index (χ0v) is 11.8. The first-order valence-electron chi connectivity index (χ1n) is 5.98. The molecule has 5 nitrogen and oxygen atoms in total. The topological polar surface area (TPSA) is 61.2 Å². The summed E-state index contributed by atoms with van der Waals surface area (Å²) >= 11 is 6.19. The van der Waals surface area contributed by atoms with Gasteiger partial charge in [0.15, 0.2) is 5.78 Å². The number of rotatable bonds is 4. The van der Waals surface area contributed by atoms with E-state index >= 15 is 0 Å². The van der Waals surface area contributed by atoms with Gasteiger partial charge in [0, 0.05) is 0 Å². The number of esters is 1. The van der Waals surface area contributed by atoms with E-state index in [2.05, 4.69) is 5.10 Å². The van der Waals surface area contributed by atoms with E-state index in [4.69, 9.17) is 16.3 Å². The Balaban J connectivity index is 2.34. The summed E-state index contributed by atoms with van der Waals surface area (Å²) in [6, 6.07) is 9.20. The van der Waals surface area contributed by atoms with E-state index in [1.807, 2.05) is 30.3 Å². The van der Waals surface area contributed by atoms with Crippen molar-refractivity contribution in [3.63, 3.8) is 0 Å². The molecular formula is C14H13ClN2O3. The number of aromatic nitrogens is 2. The molecule has 0 bridgehead atoms. The van der Waals surface area contributed by atoms with Gasteiger partial charge in [-0.05, 0) is 26.0 Å². The molecule has 0 atom stereocenters. The third-order valence-corrected chi connectivity index (χ3v) is 2.96. The van der Waals surface area contributed by atoms with E-state index in [1.54, 1.807) is 6.92 Å². The van der Waals surface area contributed by atoms with Crippen molar-refractivity contribution in [1.82, 2.24) is 9.78 Å². The van der Waals surface area contributed by atoms with E-state index in [-0.39, 0.29) is 23.1 Å². The van der Waals surface area contributed by atoms with Crippen molar-refractivity contribution in [1.29, 1.82) is 0 Å². The van der Waals surface area contributed by atoms with Gasteiger partial charge < -0.3 is 4.74 Å². The number of ketones is 1. The Labute approximate surface area is 121 Å². The number of benzene rings is 1. The summed E-state index contributed by atoms with van der Waals surface area (Å²) in [5.74, 6) is -0.882. The van der Waals surface area contributed by atoms with Crippen LogP contribution in [0.4, 0.5) is 0 Å². The SMILES string of the molecule is CC(=O)COC(=O)c1c(C)nn(-c2ccccc2)c1Cl.